The number of piperazine rings is 1. The quantitative estimate of drug-likeness (QED) is 0.420. The SMILES string of the molecule is C=CC(=O)N1CCN(c2cc(=O)n(C3=C(C)CCC=C3CC)c3cc(-c4c(O)cccc4F)c(F)cc23)CC1. The average Bonchev–Trinajstić information content (AvgIpc) is 2.93. The molecule has 2 aromatic carbocycles. The van der Waals surface area contributed by atoms with Gasteiger partial charge in [-0.15, -0.1) is 0 Å². The van der Waals surface area contributed by atoms with Gasteiger partial charge in [0.25, 0.3) is 5.56 Å². The number of anilines is 1. The minimum absolute atomic E-state index is 0.124. The molecule has 1 saturated heterocycles. The highest BCUT2D eigenvalue weighted by molar-refractivity contribution is 5.98. The number of pyridine rings is 1. The molecule has 5 rings (SSSR count). The highest BCUT2D eigenvalue weighted by Gasteiger charge is 2.26. The van der Waals surface area contributed by atoms with E-state index in [0.717, 1.165) is 35.8 Å². The van der Waals surface area contributed by atoms with Crippen LogP contribution in [0, 0.1) is 11.6 Å². The molecule has 1 aliphatic carbocycles. The third-order valence-electron chi connectivity index (χ3n) is 7.67. The summed E-state index contributed by atoms with van der Waals surface area (Å²) in [5.41, 5.74) is 3.16. The van der Waals surface area contributed by atoms with Gasteiger partial charge in [-0.2, -0.15) is 0 Å². The van der Waals surface area contributed by atoms with Gasteiger partial charge in [-0.25, -0.2) is 8.78 Å². The molecule has 8 heteroatoms. The molecule has 2 aliphatic rings. The zero-order chi connectivity index (χ0) is 27.8. The van der Waals surface area contributed by atoms with Gasteiger partial charge in [0, 0.05) is 43.2 Å². The van der Waals surface area contributed by atoms with E-state index < -0.39 is 11.6 Å². The van der Waals surface area contributed by atoms with Crippen LogP contribution in [0.4, 0.5) is 14.5 Å². The first-order valence-corrected chi connectivity index (χ1v) is 13.2. The number of fused-ring (bicyclic) bond motifs is 1. The molecule has 1 aliphatic heterocycles. The molecular formula is C31H31F2N3O3. The Morgan fingerprint density at radius 1 is 1.10 bits per heavy atom. The molecule has 6 nitrogen and oxygen atoms in total. The second-order valence-electron chi connectivity index (χ2n) is 9.95. The topological polar surface area (TPSA) is 65.8 Å². The summed E-state index contributed by atoms with van der Waals surface area (Å²) in [6, 6.07) is 8.13. The van der Waals surface area contributed by atoms with Gasteiger partial charge in [0.1, 0.15) is 17.4 Å². The van der Waals surface area contributed by atoms with E-state index in [0.29, 0.717) is 49.2 Å². The van der Waals surface area contributed by atoms with Crippen LogP contribution in [-0.4, -0.2) is 46.7 Å². The first-order valence-electron chi connectivity index (χ1n) is 13.2. The van der Waals surface area contributed by atoms with Gasteiger partial charge in [-0.05, 0) is 67.7 Å². The summed E-state index contributed by atoms with van der Waals surface area (Å²) in [6.45, 7) is 9.35. The summed E-state index contributed by atoms with van der Waals surface area (Å²) < 4.78 is 32.2. The van der Waals surface area contributed by atoms with Gasteiger partial charge < -0.3 is 14.9 Å². The fraction of sp³-hybridized carbons (Fsp3) is 0.290. The van der Waals surface area contributed by atoms with Crippen LogP contribution >= 0.6 is 0 Å². The predicted octanol–water partition coefficient (Wildman–Crippen LogP) is 5.85. The van der Waals surface area contributed by atoms with E-state index in [1.807, 2.05) is 18.7 Å². The molecular weight excluding hydrogens is 500 g/mol. The Balaban J connectivity index is 1.77. The number of hydrogen-bond acceptors (Lipinski definition) is 4. The number of aromatic hydroxyl groups is 1. The molecule has 1 fully saturated rings. The second-order valence-corrected chi connectivity index (χ2v) is 9.95. The van der Waals surface area contributed by atoms with Crippen LogP contribution in [0.5, 0.6) is 5.75 Å². The van der Waals surface area contributed by atoms with Gasteiger partial charge in [-0.1, -0.05) is 25.6 Å². The van der Waals surface area contributed by atoms with E-state index >= 15 is 4.39 Å². The number of allylic oxidation sites excluding steroid dienone is 4. The minimum atomic E-state index is -0.761. The van der Waals surface area contributed by atoms with Crippen LogP contribution in [0.2, 0.25) is 0 Å². The molecule has 1 aromatic heterocycles. The summed E-state index contributed by atoms with van der Waals surface area (Å²) in [6.07, 6.45) is 5.78. The van der Waals surface area contributed by atoms with Crippen molar-refractivity contribution in [2.24, 2.45) is 0 Å². The van der Waals surface area contributed by atoms with Crippen LogP contribution in [0.1, 0.15) is 33.1 Å². The van der Waals surface area contributed by atoms with E-state index in [1.165, 1.54) is 36.4 Å². The van der Waals surface area contributed by atoms with E-state index in [9.17, 15) is 19.1 Å². The number of phenolic OH excluding ortho intramolecular Hbond substituents is 1. The van der Waals surface area contributed by atoms with E-state index in [1.54, 1.807) is 9.47 Å². The molecule has 1 amide bonds. The lowest BCUT2D eigenvalue weighted by molar-refractivity contribution is -0.126. The van der Waals surface area contributed by atoms with Crippen molar-refractivity contribution in [3.8, 4) is 16.9 Å². The number of hydrogen-bond donors (Lipinski definition) is 1. The van der Waals surface area contributed by atoms with Crippen molar-refractivity contribution < 1.29 is 18.7 Å². The van der Waals surface area contributed by atoms with Crippen LogP contribution in [0.3, 0.4) is 0 Å². The first-order chi connectivity index (χ1) is 18.7. The fourth-order valence-corrected chi connectivity index (χ4v) is 5.69. The largest absolute Gasteiger partial charge is 0.507 e. The lowest BCUT2D eigenvalue weighted by atomic mass is 9.94. The van der Waals surface area contributed by atoms with Gasteiger partial charge in [0.05, 0.1) is 22.5 Å². The third-order valence-corrected chi connectivity index (χ3v) is 7.67. The smallest absolute Gasteiger partial charge is 0.257 e. The molecule has 0 spiro atoms. The van der Waals surface area contributed by atoms with Crippen molar-refractivity contribution in [1.82, 2.24) is 9.47 Å². The standard InChI is InChI=1S/C31H31F2N3O3/c1-4-20-9-6-8-19(3)31(20)36-26-17-21(30-23(32)10-7-11-27(30)37)24(33)16-22(26)25(18-29(36)39)34-12-14-35(15-13-34)28(38)5-2/h5,7,9-11,16-18,37H,2,4,6,8,12-15H2,1,3H3. The van der Waals surface area contributed by atoms with Crippen LogP contribution in [0.15, 0.2) is 71.1 Å². The zero-order valence-electron chi connectivity index (χ0n) is 22.1. The Morgan fingerprint density at radius 2 is 1.85 bits per heavy atom. The van der Waals surface area contributed by atoms with E-state index in [-0.39, 0.29) is 28.3 Å². The van der Waals surface area contributed by atoms with Crippen LogP contribution in [0.25, 0.3) is 27.7 Å². The number of carbonyl (C=O) groups is 1. The minimum Gasteiger partial charge on any atom is -0.507 e. The number of benzene rings is 2. The molecule has 0 atom stereocenters. The van der Waals surface area contributed by atoms with Crippen molar-refractivity contribution in [2.75, 3.05) is 31.1 Å². The van der Waals surface area contributed by atoms with Crippen molar-refractivity contribution in [1.29, 1.82) is 0 Å². The van der Waals surface area contributed by atoms with Gasteiger partial charge in [0.2, 0.25) is 5.91 Å². The molecule has 0 saturated carbocycles. The van der Waals surface area contributed by atoms with E-state index in [2.05, 4.69) is 12.7 Å². The maximum atomic E-state index is 15.7. The van der Waals surface area contributed by atoms with Gasteiger partial charge in [-0.3, -0.25) is 14.2 Å². The zero-order valence-corrected chi connectivity index (χ0v) is 22.1. The number of nitrogens with zero attached hydrogens (tertiary/aromatic N) is 3. The Morgan fingerprint density at radius 3 is 2.51 bits per heavy atom. The lowest BCUT2D eigenvalue weighted by Gasteiger charge is -2.36. The first kappa shape index (κ1) is 26.4. The average molecular weight is 532 g/mol. The van der Waals surface area contributed by atoms with Crippen LogP contribution < -0.4 is 10.5 Å². The van der Waals surface area contributed by atoms with Crippen molar-refractivity contribution in [3.05, 3.63) is 88.3 Å². The molecule has 3 aromatic rings. The maximum Gasteiger partial charge on any atom is 0.257 e. The number of rotatable bonds is 5. The van der Waals surface area contributed by atoms with Crippen molar-refractivity contribution in [3.63, 3.8) is 0 Å². The lowest BCUT2D eigenvalue weighted by Crippen LogP contribution is -2.48. The Bertz CT molecular complexity index is 1590. The maximum absolute atomic E-state index is 15.7. The highest BCUT2D eigenvalue weighted by atomic mass is 19.1. The highest BCUT2D eigenvalue weighted by Crippen LogP contribution is 2.40. The third kappa shape index (κ3) is 4.64. The summed E-state index contributed by atoms with van der Waals surface area (Å²) in [7, 11) is 0. The number of aromatic nitrogens is 1. The summed E-state index contributed by atoms with van der Waals surface area (Å²) >= 11 is 0. The molecule has 0 bridgehead atoms. The fourth-order valence-electron chi connectivity index (χ4n) is 5.69. The number of carbonyl (C=O) groups excluding carboxylic acids is 1. The molecule has 2 heterocycles. The van der Waals surface area contributed by atoms with Crippen LogP contribution in [-0.2, 0) is 4.79 Å². The molecule has 39 heavy (non-hydrogen) atoms. The normalized spacial score (nSPS) is 16.1. The summed E-state index contributed by atoms with van der Waals surface area (Å²) in [5, 5.41) is 10.9. The molecule has 0 unspecified atom stereocenters. The number of amides is 1. The summed E-state index contributed by atoms with van der Waals surface area (Å²) in [4.78, 5) is 29.6. The number of halogens is 2. The Hall–Kier alpha value is -4.20. The van der Waals surface area contributed by atoms with Gasteiger partial charge in [0.15, 0.2) is 0 Å². The monoisotopic (exact) mass is 531 g/mol. The Kier molecular flexibility index (Phi) is 7.12. The van der Waals surface area contributed by atoms with Crippen molar-refractivity contribution >= 4 is 28.2 Å². The molecule has 1 N–H and O–H groups in total. The second kappa shape index (κ2) is 10.5. The predicted molar refractivity (Wildman–Crippen MR) is 151 cm³/mol. The van der Waals surface area contributed by atoms with E-state index in [4.69, 9.17) is 0 Å². The molecule has 0 radical (unpaired) electrons. The molecule has 202 valence electrons. The summed E-state index contributed by atoms with van der Waals surface area (Å²) in [5.74, 6) is -2.02. The number of phenols is 1. The van der Waals surface area contributed by atoms with Gasteiger partial charge >= 0.3 is 0 Å². The van der Waals surface area contributed by atoms with Crippen molar-refractivity contribution in [2.45, 2.75) is 33.1 Å². The Labute approximate surface area is 225 Å².